The Balaban J connectivity index is 0.985. The van der Waals surface area contributed by atoms with Crippen molar-refractivity contribution in [3.05, 3.63) is 257 Å². The summed E-state index contributed by atoms with van der Waals surface area (Å²) in [7, 11) is 0. The summed E-state index contributed by atoms with van der Waals surface area (Å²) in [6.07, 6.45) is 1.02. The number of benzene rings is 9. The first-order chi connectivity index (χ1) is 32.1. The molecular formula is C62H43N3. The van der Waals surface area contributed by atoms with E-state index in [2.05, 4.69) is 189 Å². The molecule has 0 bridgehead atoms. The second-order valence-corrected chi connectivity index (χ2v) is 17.9. The van der Waals surface area contributed by atoms with E-state index in [4.69, 9.17) is 15.0 Å². The van der Waals surface area contributed by atoms with Crippen LogP contribution in [0.3, 0.4) is 0 Å². The van der Waals surface area contributed by atoms with Gasteiger partial charge in [0.25, 0.3) is 0 Å². The number of nitrogens with zero attached hydrogens (tertiary/aromatic N) is 3. The Kier molecular flexibility index (Phi) is 8.54. The van der Waals surface area contributed by atoms with Gasteiger partial charge in [-0.1, -0.05) is 207 Å². The molecule has 3 nitrogen and oxygen atoms in total. The fourth-order valence-corrected chi connectivity index (χ4v) is 11.5. The summed E-state index contributed by atoms with van der Waals surface area (Å²) in [6, 6.07) is 79.9. The average Bonchev–Trinajstić information content (AvgIpc) is 3.85. The van der Waals surface area contributed by atoms with E-state index in [9.17, 15) is 0 Å². The Bertz CT molecular complexity index is 3420. The molecule has 3 aliphatic rings. The first-order valence-corrected chi connectivity index (χ1v) is 22.8. The number of hydrogen-bond donors (Lipinski definition) is 0. The minimum absolute atomic E-state index is 0.379. The first-order valence-electron chi connectivity index (χ1n) is 22.8. The lowest BCUT2D eigenvalue weighted by molar-refractivity contribution is 0.566. The number of fused-ring (bicyclic) bond motifs is 13. The van der Waals surface area contributed by atoms with Gasteiger partial charge >= 0.3 is 0 Å². The fourth-order valence-electron chi connectivity index (χ4n) is 11.5. The van der Waals surface area contributed by atoms with E-state index in [1.54, 1.807) is 0 Å². The summed E-state index contributed by atoms with van der Waals surface area (Å²) in [6.45, 7) is 2.42. The molecule has 0 N–H and O–H groups in total. The normalized spacial score (nSPS) is 17.1. The van der Waals surface area contributed by atoms with E-state index in [1.165, 1.54) is 83.5 Å². The van der Waals surface area contributed by atoms with E-state index in [0.717, 1.165) is 23.1 Å². The highest BCUT2D eigenvalue weighted by Crippen LogP contribution is 2.63. The molecule has 13 rings (SSSR count). The molecule has 0 saturated heterocycles. The van der Waals surface area contributed by atoms with Gasteiger partial charge in [0.1, 0.15) is 0 Å². The molecule has 0 saturated carbocycles. The minimum Gasteiger partial charge on any atom is -0.208 e. The third-order valence-electron chi connectivity index (χ3n) is 14.5. The Morgan fingerprint density at radius 3 is 1.40 bits per heavy atom. The Morgan fingerprint density at radius 2 is 0.785 bits per heavy atom. The molecule has 3 unspecified atom stereocenters. The third kappa shape index (κ3) is 5.78. The summed E-state index contributed by atoms with van der Waals surface area (Å²) in [5, 5.41) is 0. The lowest BCUT2D eigenvalue weighted by Crippen LogP contribution is -2.26. The van der Waals surface area contributed by atoms with E-state index in [-0.39, 0.29) is 0 Å². The largest absolute Gasteiger partial charge is 0.208 e. The number of hydrogen-bond acceptors (Lipinski definition) is 3. The zero-order chi connectivity index (χ0) is 43.1. The third-order valence-corrected chi connectivity index (χ3v) is 14.5. The molecule has 1 heterocycles. The van der Waals surface area contributed by atoms with Crippen molar-refractivity contribution in [3.63, 3.8) is 0 Å². The van der Waals surface area contributed by atoms with Crippen LogP contribution in [0, 0.1) is 0 Å². The monoisotopic (exact) mass is 829 g/mol. The minimum atomic E-state index is -0.554. The molecular weight excluding hydrogens is 787 g/mol. The Labute approximate surface area is 379 Å². The van der Waals surface area contributed by atoms with Gasteiger partial charge in [-0.3, -0.25) is 0 Å². The van der Waals surface area contributed by atoms with E-state index >= 15 is 0 Å². The summed E-state index contributed by atoms with van der Waals surface area (Å²) >= 11 is 0. The van der Waals surface area contributed by atoms with E-state index < -0.39 is 5.41 Å². The van der Waals surface area contributed by atoms with Crippen molar-refractivity contribution >= 4 is 0 Å². The second kappa shape index (κ2) is 14.8. The van der Waals surface area contributed by atoms with Crippen LogP contribution in [0.15, 0.2) is 218 Å². The van der Waals surface area contributed by atoms with Gasteiger partial charge in [-0.15, -0.1) is 0 Å². The van der Waals surface area contributed by atoms with Gasteiger partial charge in [0, 0.05) is 16.7 Å². The van der Waals surface area contributed by atoms with Crippen molar-refractivity contribution < 1.29 is 0 Å². The van der Waals surface area contributed by atoms with Gasteiger partial charge < -0.3 is 0 Å². The molecule has 1 aromatic heterocycles. The van der Waals surface area contributed by atoms with Crippen LogP contribution in [0.1, 0.15) is 57.7 Å². The van der Waals surface area contributed by atoms with Gasteiger partial charge in [0.2, 0.25) is 0 Å². The zero-order valence-electron chi connectivity index (χ0n) is 36.0. The highest BCUT2D eigenvalue weighted by atomic mass is 15.0. The van der Waals surface area contributed by atoms with Crippen LogP contribution < -0.4 is 0 Å². The highest BCUT2D eigenvalue weighted by molar-refractivity contribution is 5.97. The van der Waals surface area contributed by atoms with Gasteiger partial charge in [-0.2, -0.15) is 0 Å². The zero-order valence-corrected chi connectivity index (χ0v) is 36.0. The molecule has 9 aromatic carbocycles. The first kappa shape index (κ1) is 37.5. The Morgan fingerprint density at radius 1 is 0.338 bits per heavy atom. The van der Waals surface area contributed by atoms with Crippen molar-refractivity contribution in [1.82, 2.24) is 15.0 Å². The number of aromatic nitrogens is 3. The van der Waals surface area contributed by atoms with E-state index in [0.29, 0.717) is 29.3 Å². The topological polar surface area (TPSA) is 38.7 Å². The SMILES string of the molecule is CC1c2ccc(-c3ccc4c(c3)C3(c5ccccc5-4)c4ccccc4-c4ccc(-c5nc(-c6ccccc6)nc(-c6ccccc6)n5)cc43)cc2-c2ccccc2C1Cc1ccccc1. The summed E-state index contributed by atoms with van der Waals surface area (Å²) < 4.78 is 0. The molecule has 0 amide bonds. The van der Waals surface area contributed by atoms with Gasteiger partial charge in [0.05, 0.1) is 5.41 Å². The summed E-state index contributed by atoms with van der Waals surface area (Å²) in [5.74, 6) is 2.75. The van der Waals surface area contributed by atoms with Gasteiger partial charge in [-0.05, 0) is 120 Å². The van der Waals surface area contributed by atoms with Crippen molar-refractivity contribution in [3.8, 4) is 78.7 Å². The van der Waals surface area contributed by atoms with Gasteiger partial charge in [0.15, 0.2) is 17.5 Å². The number of rotatable bonds is 6. The molecule has 3 heteroatoms. The van der Waals surface area contributed by atoms with Crippen LogP contribution in [0.25, 0.3) is 78.7 Å². The second-order valence-electron chi connectivity index (χ2n) is 17.9. The van der Waals surface area contributed by atoms with Crippen LogP contribution in [0.5, 0.6) is 0 Å². The quantitative estimate of drug-likeness (QED) is 0.168. The summed E-state index contributed by atoms with van der Waals surface area (Å²) in [5.41, 5.74) is 21.9. The maximum atomic E-state index is 5.19. The molecule has 65 heavy (non-hydrogen) atoms. The molecule has 306 valence electrons. The molecule has 0 fully saturated rings. The van der Waals surface area contributed by atoms with Crippen LogP contribution in [-0.2, 0) is 11.8 Å². The van der Waals surface area contributed by atoms with Crippen molar-refractivity contribution in [2.24, 2.45) is 0 Å². The van der Waals surface area contributed by atoms with Crippen LogP contribution in [0.4, 0.5) is 0 Å². The maximum Gasteiger partial charge on any atom is 0.164 e. The van der Waals surface area contributed by atoms with E-state index in [1.807, 2.05) is 36.4 Å². The van der Waals surface area contributed by atoms with Gasteiger partial charge in [-0.25, -0.2) is 15.0 Å². The fraction of sp³-hybridized carbons (Fsp3) is 0.0806. The van der Waals surface area contributed by atoms with Crippen molar-refractivity contribution in [1.29, 1.82) is 0 Å². The molecule has 1 spiro atoms. The smallest absolute Gasteiger partial charge is 0.164 e. The highest BCUT2D eigenvalue weighted by Gasteiger charge is 2.52. The maximum absolute atomic E-state index is 5.19. The van der Waals surface area contributed by atoms with Crippen molar-refractivity contribution in [2.45, 2.75) is 30.6 Å². The van der Waals surface area contributed by atoms with Crippen LogP contribution >= 0.6 is 0 Å². The van der Waals surface area contributed by atoms with Crippen molar-refractivity contribution in [2.75, 3.05) is 0 Å². The lowest BCUT2D eigenvalue weighted by Gasteiger charge is -2.34. The Hall–Kier alpha value is -8.01. The molecule has 3 aliphatic carbocycles. The van der Waals surface area contributed by atoms with Crippen LogP contribution in [-0.4, -0.2) is 15.0 Å². The molecule has 3 atom stereocenters. The average molecular weight is 830 g/mol. The summed E-state index contributed by atoms with van der Waals surface area (Å²) in [4.78, 5) is 15.4. The predicted octanol–water partition coefficient (Wildman–Crippen LogP) is 15.0. The molecule has 10 aromatic rings. The molecule has 0 aliphatic heterocycles. The standard InChI is InChI=1S/C62H43N3/c1-39-46-32-29-43(36-54(46)48-24-12-11-23-47(48)53(39)35-40-17-5-2-6-18-40)44-30-33-51-49-25-13-15-27-55(49)62(57(51)37-44)56-28-16-14-26-50(56)52-34-31-45(38-58(52)62)61-64-59(41-19-7-3-8-20-41)63-60(65-61)42-21-9-4-10-22-42/h2-34,36-39,53H,35H2,1H3. The lowest BCUT2D eigenvalue weighted by atomic mass is 9.69. The van der Waals surface area contributed by atoms with Crippen LogP contribution in [0.2, 0.25) is 0 Å². The predicted molar refractivity (Wildman–Crippen MR) is 265 cm³/mol. The molecule has 0 radical (unpaired) electrons.